The number of nitrogens with zero attached hydrogens (tertiary/aromatic N) is 1. The second-order valence-electron chi connectivity index (χ2n) is 8.79. The molecule has 3 aromatic rings. The van der Waals surface area contributed by atoms with Crippen molar-refractivity contribution < 1.29 is 18.4 Å². The van der Waals surface area contributed by atoms with Gasteiger partial charge in [-0.15, -0.1) is 0 Å². The predicted molar refractivity (Wildman–Crippen MR) is 127 cm³/mol. The molecule has 0 spiro atoms. The summed E-state index contributed by atoms with van der Waals surface area (Å²) >= 11 is 0. The Labute approximate surface area is 198 Å². The van der Waals surface area contributed by atoms with Gasteiger partial charge in [0.25, 0.3) is 5.91 Å². The van der Waals surface area contributed by atoms with Crippen molar-refractivity contribution in [3.8, 4) is 0 Å². The Morgan fingerprint density at radius 2 is 1.44 bits per heavy atom. The molecule has 0 aromatic heterocycles. The number of hydrogen-bond donors (Lipinski definition) is 1. The molecular formula is C28H28F2N2O2. The van der Waals surface area contributed by atoms with Gasteiger partial charge in [0.05, 0.1) is 5.56 Å². The zero-order valence-corrected chi connectivity index (χ0v) is 19.1. The summed E-state index contributed by atoms with van der Waals surface area (Å²) in [5, 5.41) is 3.19. The Bertz CT molecular complexity index is 1090. The number of benzene rings is 3. The Balaban J connectivity index is 1.39. The minimum absolute atomic E-state index is 0.00877. The molecule has 1 fully saturated rings. The van der Waals surface area contributed by atoms with Crippen LogP contribution in [0.3, 0.4) is 0 Å². The summed E-state index contributed by atoms with van der Waals surface area (Å²) in [6.07, 6.45) is 0.989. The number of carbonyl (C=O) groups excluding carboxylic acids is 2. The van der Waals surface area contributed by atoms with E-state index in [4.69, 9.17) is 0 Å². The number of hydrogen-bond acceptors (Lipinski definition) is 2. The van der Waals surface area contributed by atoms with Crippen molar-refractivity contribution in [2.45, 2.75) is 31.7 Å². The van der Waals surface area contributed by atoms with E-state index in [1.807, 2.05) is 43.3 Å². The fourth-order valence-corrected chi connectivity index (χ4v) is 4.69. The minimum Gasteiger partial charge on any atom is -0.352 e. The second-order valence-corrected chi connectivity index (χ2v) is 8.79. The summed E-state index contributed by atoms with van der Waals surface area (Å²) in [5.74, 6) is -2.32. The van der Waals surface area contributed by atoms with Crippen LogP contribution in [0.2, 0.25) is 0 Å². The summed E-state index contributed by atoms with van der Waals surface area (Å²) in [6, 6.07) is 23.0. The molecule has 1 aliphatic heterocycles. The van der Waals surface area contributed by atoms with E-state index in [0.29, 0.717) is 32.0 Å². The Kier molecular flexibility index (Phi) is 7.36. The van der Waals surface area contributed by atoms with E-state index in [1.165, 1.54) is 11.0 Å². The molecule has 0 bridgehead atoms. The summed E-state index contributed by atoms with van der Waals surface area (Å²) in [7, 11) is 0. The lowest BCUT2D eigenvalue weighted by Gasteiger charge is -2.33. The van der Waals surface area contributed by atoms with Crippen LogP contribution >= 0.6 is 0 Å². The first-order valence-electron chi connectivity index (χ1n) is 11.6. The first-order valence-corrected chi connectivity index (χ1v) is 11.6. The van der Waals surface area contributed by atoms with Gasteiger partial charge in [0.15, 0.2) is 0 Å². The third kappa shape index (κ3) is 5.33. The molecule has 6 heteroatoms. The molecular weight excluding hydrogens is 434 g/mol. The van der Waals surface area contributed by atoms with Gasteiger partial charge in [-0.05, 0) is 43.0 Å². The molecule has 1 saturated heterocycles. The zero-order valence-electron chi connectivity index (χ0n) is 19.1. The fourth-order valence-electron chi connectivity index (χ4n) is 4.69. The average Bonchev–Trinajstić information content (AvgIpc) is 2.85. The fraction of sp³-hybridized carbons (Fsp3) is 0.286. The highest BCUT2D eigenvalue weighted by Crippen LogP contribution is 2.29. The maximum absolute atomic E-state index is 14.0. The van der Waals surface area contributed by atoms with Crippen molar-refractivity contribution in [1.82, 2.24) is 10.2 Å². The van der Waals surface area contributed by atoms with Crippen molar-refractivity contribution >= 4 is 11.8 Å². The van der Waals surface area contributed by atoms with E-state index in [0.717, 1.165) is 17.2 Å². The lowest BCUT2D eigenvalue weighted by molar-refractivity contribution is -0.127. The normalized spacial score (nSPS) is 15.2. The summed E-state index contributed by atoms with van der Waals surface area (Å²) in [4.78, 5) is 27.3. The van der Waals surface area contributed by atoms with E-state index >= 15 is 0 Å². The first kappa shape index (κ1) is 23.6. The summed E-state index contributed by atoms with van der Waals surface area (Å²) in [6.45, 7) is 2.71. The molecule has 0 saturated carbocycles. The van der Waals surface area contributed by atoms with Gasteiger partial charge in [0.1, 0.15) is 11.6 Å². The van der Waals surface area contributed by atoms with Gasteiger partial charge in [-0.2, -0.15) is 0 Å². The van der Waals surface area contributed by atoms with Crippen molar-refractivity contribution in [3.63, 3.8) is 0 Å². The Morgan fingerprint density at radius 1 is 0.882 bits per heavy atom. The van der Waals surface area contributed by atoms with E-state index in [2.05, 4.69) is 29.6 Å². The Hall–Kier alpha value is -3.54. The van der Waals surface area contributed by atoms with Crippen molar-refractivity contribution in [2.24, 2.45) is 5.92 Å². The first-order chi connectivity index (χ1) is 16.4. The van der Waals surface area contributed by atoms with E-state index < -0.39 is 17.5 Å². The molecule has 1 N–H and O–H groups in total. The van der Waals surface area contributed by atoms with Gasteiger partial charge in [0, 0.05) is 37.0 Å². The SMILES string of the molecule is C[C@H](NC(=O)C1CCN(C(=O)c2ccc(F)cc2F)CC1)C(c1ccccc1)c1ccccc1. The zero-order chi connectivity index (χ0) is 24.1. The van der Waals surface area contributed by atoms with Crippen LogP contribution in [0.1, 0.15) is 47.2 Å². The van der Waals surface area contributed by atoms with Crippen LogP contribution in [0.15, 0.2) is 78.9 Å². The molecule has 0 aliphatic carbocycles. The summed E-state index contributed by atoms with van der Waals surface area (Å²) < 4.78 is 27.2. The third-order valence-electron chi connectivity index (χ3n) is 6.50. The molecule has 3 aromatic carbocycles. The van der Waals surface area contributed by atoms with Crippen molar-refractivity contribution in [2.75, 3.05) is 13.1 Å². The predicted octanol–water partition coefficient (Wildman–Crippen LogP) is 5.15. The van der Waals surface area contributed by atoms with Crippen LogP contribution in [0.25, 0.3) is 0 Å². The van der Waals surface area contributed by atoms with Gasteiger partial charge in [-0.3, -0.25) is 9.59 Å². The largest absolute Gasteiger partial charge is 0.352 e. The van der Waals surface area contributed by atoms with E-state index in [1.54, 1.807) is 0 Å². The van der Waals surface area contributed by atoms with Gasteiger partial charge < -0.3 is 10.2 Å². The minimum atomic E-state index is -0.869. The molecule has 1 atom stereocenters. The molecule has 1 aliphatic rings. The lowest BCUT2D eigenvalue weighted by Crippen LogP contribution is -2.46. The third-order valence-corrected chi connectivity index (χ3v) is 6.50. The molecule has 4 nitrogen and oxygen atoms in total. The van der Waals surface area contributed by atoms with E-state index in [-0.39, 0.29) is 29.3 Å². The highest BCUT2D eigenvalue weighted by Gasteiger charge is 2.31. The van der Waals surface area contributed by atoms with Crippen LogP contribution in [0, 0.1) is 17.6 Å². The van der Waals surface area contributed by atoms with Gasteiger partial charge in [-0.25, -0.2) is 8.78 Å². The number of halogens is 2. The van der Waals surface area contributed by atoms with Gasteiger partial charge in [0.2, 0.25) is 5.91 Å². The van der Waals surface area contributed by atoms with E-state index in [9.17, 15) is 18.4 Å². The molecule has 34 heavy (non-hydrogen) atoms. The standard InChI is InChI=1S/C28H28F2N2O2/c1-19(26(20-8-4-2-5-9-20)21-10-6-3-7-11-21)31-27(33)22-14-16-32(17-15-22)28(34)24-13-12-23(29)18-25(24)30/h2-13,18-19,22,26H,14-17H2,1H3,(H,31,33)/t19-/m0/s1. The lowest BCUT2D eigenvalue weighted by atomic mass is 9.85. The van der Waals surface area contributed by atoms with Crippen molar-refractivity contribution in [3.05, 3.63) is 107 Å². The number of likely N-dealkylation sites (tertiary alicyclic amines) is 1. The maximum Gasteiger partial charge on any atom is 0.256 e. The smallest absolute Gasteiger partial charge is 0.256 e. The summed E-state index contributed by atoms with van der Waals surface area (Å²) in [5.41, 5.74) is 2.11. The number of amides is 2. The van der Waals surface area contributed by atoms with Gasteiger partial charge in [-0.1, -0.05) is 60.7 Å². The number of piperidine rings is 1. The number of rotatable bonds is 6. The monoisotopic (exact) mass is 462 g/mol. The highest BCUT2D eigenvalue weighted by atomic mass is 19.1. The Morgan fingerprint density at radius 3 is 1.97 bits per heavy atom. The van der Waals surface area contributed by atoms with Crippen LogP contribution in [0.4, 0.5) is 8.78 Å². The number of carbonyl (C=O) groups is 2. The maximum atomic E-state index is 14.0. The average molecular weight is 463 g/mol. The number of nitrogens with one attached hydrogen (secondary N) is 1. The highest BCUT2D eigenvalue weighted by molar-refractivity contribution is 5.94. The van der Waals surface area contributed by atoms with Crippen LogP contribution in [-0.4, -0.2) is 35.8 Å². The molecule has 0 unspecified atom stereocenters. The quantitative estimate of drug-likeness (QED) is 0.551. The second kappa shape index (κ2) is 10.6. The molecule has 1 heterocycles. The van der Waals surface area contributed by atoms with Crippen LogP contribution in [-0.2, 0) is 4.79 Å². The molecule has 176 valence electrons. The molecule has 0 radical (unpaired) electrons. The topological polar surface area (TPSA) is 49.4 Å². The van der Waals surface area contributed by atoms with Crippen LogP contribution < -0.4 is 5.32 Å². The molecule has 4 rings (SSSR count). The molecule has 2 amide bonds. The van der Waals surface area contributed by atoms with Crippen LogP contribution in [0.5, 0.6) is 0 Å². The van der Waals surface area contributed by atoms with Crippen molar-refractivity contribution in [1.29, 1.82) is 0 Å². The van der Waals surface area contributed by atoms with Gasteiger partial charge >= 0.3 is 0 Å².